The summed E-state index contributed by atoms with van der Waals surface area (Å²) in [7, 11) is 0. The Bertz CT molecular complexity index is 1360. The molecule has 6 heteroatoms. The van der Waals surface area contributed by atoms with Crippen LogP contribution in [0.5, 0.6) is 0 Å². The Morgan fingerprint density at radius 3 is 0.971 bits per heavy atom. The van der Waals surface area contributed by atoms with Crippen LogP contribution in [0.3, 0.4) is 0 Å². The average Bonchev–Trinajstić information content (AvgIpc) is 3.34. The summed E-state index contributed by atoms with van der Waals surface area (Å²) in [5.74, 6) is -0.951. The van der Waals surface area contributed by atoms with Gasteiger partial charge in [-0.3, -0.25) is 14.4 Å². The first-order valence-electron chi connectivity index (χ1n) is 28.2. The van der Waals surface area contributed by atoms with Crippen molar-refractivity contribution < 1.29 is 28.6 Å². The van der Waals surface area contributed by atoms with Crippen molar-refractivity contribution in [1.82, 2.24) is 0 Å². The van der Waals surface area contributed by atoms with Crippen molar-refractivity contribution in [3.8, 4) is 0 Å². The van der Waals surface area contributed by atoms with Gasteiger partial charge in [0.05, 0.1) is 0 Å². The predicted octanol–water partition coefficient (Wildman–Crippen LogP) is 18.9. The molecule has 0 aliphatic rings. The van der Waals surface area contributed by atoms with E-state index in [1.807, 2.05) is 0 Å². The van der Waals surface area contributed by atoms with Gasteiger partial charge < -0.3 is 14.2 Å². The third-order valence-corrected chi connectivity index (χ3v) is 11.8. The number of rotatable bonds is 50. The number of hydrogen-bond donors (Lipinski definition) is 0. The zero-order valence-corrected chi connectivity index (χ0v) is 44.3. The maximum atomic E-state index is 12.8. The van der Waals surface area contributed by atoms with Crippen molar-refractivity contribution in [3.63, 3.8) is 0 Å². The number of carbonyl (C=O) groups is 3. The van der Waals surface area contributed by atoms with E-state index in [4.69, 9.17) is 14.2 Å². The molecule has 0 rings (SSSR count). The minimum Gasteiger partial charge on any atom is -0.462 e. The minimum absolute atomic E-state index is 0.0977. The summed E-state index contributed by atoms with van der Waals surface area (Å²) in [6, 6.07) is 0. The van der Waals surface area contributed by atoms with Crippen LogP contribution < -0.4 is 0 Å². The molecule has 1 unspecified atom stereocenters. The molecule has 0 spiro atoms. The third kappa shape index (κ3) is 53.3. The molecule has 0 aliphatic heterocycles. The van der Waals surface area contributed by atoms with Gasteiger partial charge in [-0.25, -0.2) is 0 Å². The zero-order valence-electron chi connectivity index (χ0n) is 44.3. The van der Waals surface area contributed by atoms with Crippen LogP contribution in [0, 0.1) is 0 Å². The highest BCUT2D eigenvalue weighted by Crippen LogP contribution is 2.15. The fourth-order valence-electron chi connectivity index (χ4n) is 7.58. The summed E-state index contributed by atoms with van der Waals surface area (Å²) >= 11 is 0. The lowest BCUT2D eigenvalue weighted by Crippen LogP contribution is -2.30. The molecule has 1 atom stereocenters. The molecule has 0 radical (unpaired) electrons. The van der Waals surface area contributed by atoms with Crippen LogP contribution in [0.25, 0.3) is 0 Å². The molecule has 0 N–H and O–H groups in total. The Kier molecular flexibility index (Phi) is 52.9. The molecule has 6 nitrogen and oxygen atoms in total. The number of hydrogen-bond acceptors (Lipinski definition) is 6. The monoisotopic (exact) mass is 945 g/mol. The van der Waals surface area contributed by atoms with E-state index in [0.29, 0.717) is 19.3 Å². The Morgan fingerprint density at radius 2 is 0.588 bits per heavy atom. The average molecular weight is 946 g/mol. The van der Waals surface area contributed by atoms with E-state index < -0.39 is 6.10 Å². The second-order valence-corrected chi connectivity index (χ2v) is 18.5. The van der Waals surface area contributed by atoms with Crippen molar-refractivity contribution in [1.29, 1.82) is 0 Å². The summed E-state index contributed by atoms with van der Waals surface area (Å²) in [5.41, 5.74) is 0. The Morgan fingerprint density at radius 1 is 0.309 bits per heavy atom. The second kappa shape index (κ2) is 55.9. The van der Waals surface area contributed by atoms with Crippen molar-refractivity contribution in [2.45, 2.75) is 264 Å². The Labute approximate surface area is 419 Å². The first kappa shape index (κ1) is 64.3. The molecule has 388 valence electrons. The lowest BCUT2D eigenvalue weighted by Gasteiger charge is -2.18. The van der Waals surface area contributed by atoms with Crippen LogP contribution in [0.2, 0.25) is 0 Å². The maximum Gasteiger partial charge on any atom is 0.306 e. The molecule has 0 bridgehead atoms. The number of ether oxygens (including phenoxy) is 3. The van der Waals surface area contributed by atoms with E-state index in [9.17, 15) is 14.4 Å². The molecule has 0 amide bonds. The van der Waals surface area contributed by atoms with Crippen LogP contribution in [0.4, 0.5) is 0 Å². The van der Waals surface area contributed by atoms with Gasteiger partial charge in [-0.2, -0.15) is 0 Å². The van der Waals surface area contributed by atoms with Crippen LogP contribution in [0.15, 0.2) is 97.2 Å². The standard InChI is InChI=1S/C62H104O6/c1-4-7-10-13-16-19-22-25-28-29-30-31-32-33-35-37-40-43-46-49-52-55-61(64)67-58-59(57-66-60(63)54-51-48-45-42-39-36-27-24-21-18-15-12-9-6-3)68-62(65)56-53-50-47-44-41-38-34-26-23-20-17-14-11-8-5-2/h7,10,15-16,18-19,24-25,27-28,30-31,33,35,40,43,59H,4-6,8-9,11-14,17,20-23,26,29,32,34,36-39,41-42,44-58H2,1-3H3/b10-7-,18-15-,19-16-,27-24-,28-25-,31-30-,35-33-,43-40-. The number of carbonyl (C=O) groups excluding carboxylic acids is 3. The van der Waals surface area contributed by atoms with E-state index in [-0.39, 0.29) is 31.1 Å². The van der Waals surface area contributed by atoms with Crippen molar-refractivity contribution in [2.24, 2.45) is 0 Å². The molecule has 0 aromatic rings. The minimum atomic E-state index is -0.800. The van der Waals surface area contributed by atoms with E-state index in [0.717, 1.165) is 122 Å². The van der Waals surface area contributed by atoms with E-state index in [1.165, 1.54) is 96.3 Å². The SMILES string of the molecule is CC/C=C\C/C=C\C/C=C\C/C=C\C/C=C\C/C=C\CCCCC(=O)OCC(COC(=O)CCCCCCC/C=C\C/C=C\CCCC)OC(=O)CCCCCCCCCCCCCCCCC. The Balaban J connectivity index is 4.47. The highest BCUT2D eigenvalue weighted by molar-refractivity contribution is 5.71. The van der Waals surface area contributed by atoms with Gasteiger partial charge in [0.2, 0.25) is 0 Å². The number of esters is 3. The van der Waals surface area contributed by atoms with Gasteiger partial charge in [-0.1, -0.05) is 240 Å². The number of allylic oxidation sites excluding steroid dienone is 16. The van der Waals surface area contributed by atoms with Crippen molar-refractivity contribution >= 4 is 17.9 Å². The molecular formula is C62H104O6. The summed E-state index contributed by atoms with van der Waals surface area (Å²) < 4.78 is 16.8. The summed E-state index contributed by atoms with van der Waals surface area (Å²) in [6.45, 7) is 6.44. The largest absolute Gasteiger partial charge is 0.462 e. The predicted molar refractivity (Wildman–Crippen MR) is 293 cm³/mol. The molecule has 0 saturated heterocycles. The van der Waals surface area contributed by atoms with Crippen LogP contribution in [0.1, 0.15) is 258 Å². The van der Waals surface area contributed by atoms with Gasteiger partial charge in [0.1, 0.15) is 13.2 Å². The number of unbranched alkanes of at least 4 members (excludes halogenated alkanes) is 23. The van der Waals surface area contributed by atoms with Gasteiger partial charge in [0, 0.05) is 19.3 Å². The third-order valence-electron chi connectivity index (χ3n) is 11.8. The van der Waals surface area contributed by atoms with Gasteiger partial charge in [0.25, 0.3) is 0 Å². The quantitative estimate of drug-likeness (QED) is 0.0262. The topological polar surface area (TPSA) is 78.9 Å². The van der Waals surface area contributed by atoms with E-state index in [1.54, 1.807) is 0 Å². The zero-order chi connectivity index (χ0) is 49.3. The summed E-state index contributed by atoms with van der Waals surface area (Å²) in [6.07, 6.45) is 73.9. The molecule has 0 aromatic carbocycles. The fourth-order valence-corrected chi connectivity index (χ4v) is 7.58. The summed E-state index contributed by atoms with van der Waals surface area (Å²) in [5, 5.41) is 0. The first-order chi connectivity index (χ1) is 33.5. The van der Waals surface area contributed by atoms with Gasteiger partial charge in [0.15, 0.2) is 6.10 Å². The molecule has 0 aromatic heterocycles. The molecule has 0 fully saturated rings. The van der Waals surface area contributed by atoms with Crippen LogP contribution in [-0.2, 0) is 28.6 Å². The molecule has 68 heavy (non-hydrogen) atoms. The van der Waals surface area contributed by atoms with Crippen LogP contribution >= 0.6 is 0 Å². The van der Waals surface area contributed by atoms with Gasteiger partial charge in [-0.05, 0) is 96.3 Å². The van der Waals surface area contributed by atoms with Crippen LogP contribution in [-0.4, -0.2) is 37.2 Å². The lowest BCUT2D eigenvalue weighted by atomic mass is 10.0. The second-order valence-electron chi connectivity index (χ2n) is 18.5. The van der Waals surface area contributed by atoms with Crippen molar-refractivity contribution in [3.05, 3.63) is 97.2 Å². The van der Waals surface area contributed by atoms with E-state index >= 15 is 0 Å². The molecule has 0 aliphatic carbocycles. The highest BCUT2D eigenvalue weighted by Gasteiger charge is 2.19. The summed E-state index contributed by atoms with van der Waals surface area (Å²) in [4.78, 5) is 38.1. The smallest absolute Gasteiger partial charge is 0.306 e. The van der Waals surface area contributed by atoms with Gasteiger partial charge >= 0.3 is 17.9 Å². The normalized spacial score (nSPS) is 12.8. The first-order valence-corrected chi connectivity index (χ1v) is 28.2. The van der Waals surface area contributed by atoms with Gasteiger partial charge in [-0.15, -0.1) is 0 Å². The fraction of sp³-hybridized carbons (Fsp3) is 0.694. The van der Waals surface area contributed by atoms with Crippen molar-refractivity contribution in [2.75, 3.05) is 13.2 Å². The molecular weight excluding hydrogens is 841 g/mol. The lowest BCUT2D eigenvalue weighted by molar-refractivity contribution is -0.167. The van der Waals surface area contributed by atoms with E-state index in [2.05, 4.69) is 118 Å². The maximum absolute atomic E-state index is 12.8. The highest BCUT2D eigenvalue weighted by atomic mass is 16.6. The molecule has 0 heterocycles. The molecule has 0 saturated carbocycles. The Hall–Kier alpha value is -3.67.